The molecule has 0 bridgehead atoms. The number of aromatic nitrogens is 1. The molecule has 1 saturated carbocycles. The summed E-state index contributed by atoms with van der Waals surface area (Å²) in [5.74, 6) is 0.816. The summed E-state index contributed by atoms with van der Waals surface area (Å²) in [6.07, 6.45) is 8.94. The molecule has 2 nitrogen and oxygen atoms in total. The van der Waals surface area contributed by atoms with Crippen LogP contribution in [0.2, 0.25) is 0 Å². The Labute approximate surface area is 115 Å². The topological polar surface area (TPSA) is 27.8 Å². The zero-order valence-corrected chi connectivity index (χ0v) is 11.8. The molecule has 2 N–H and O–H groups in total. The van der Waals surface area contributed by atoms with Gasteiger partial charge in [-0.2, -0.15) is 0 Å². The van der Waals surface area contributed by atoms with Gasteiger partial charge in [0, 0.05) is 24.3 Å². The Kier molecular flexibility index (Phi) is 3.88. The van der Waals surface area contributed by atoms with Crippen LogP contribution in [0, 0.1) is 5.92 Å². The minimum Gasteiger partial charge on any atom is -0.361 e. The van der Waals surface area contributed by atoms with Crippen LogP contribution in [-0.4, -0.2) is 11.0 Å². The SMILES string of the molecule is CC1CCCCCC1NCc1ccc2cc[nH]c2c1. The van der Waals surface area contributed by atoms with Gasteiger partial charge in [0.1, 0.15) is 0 Å². The average molecular weight is 256 g/mol. The molecule has 3 rings (SSSR count). The van der Waals surface area contributed by atoms with Gasteiger partial charge < -0.3 is 10.3 Å². The Morgan fingerprint density at radius 3 is 3.00 bits per heavy atom. The third kappa shape index (κ3) is 3.01. The van der Waals surface area contributed by atoms with Gasteiger partial charge in [-0.25, -0.2) is 0 Å². The molecule has 2 aromatic rings. The predicted molar refractivity (Wildman–Crippen MR) is 81.2 cm³/mol. The standard InChI is InChI=1S/C17H24N2/c1-13-5-3-2-4-6-16(13)19-12-14-7-8-15-9-10-18-17(15)11-14/h7-11,13,16,18-19H,2-6,12H2,1H3. The van der Waals surface area contributed by atoms with Gasteiger partial charge in [0.15, 0.2) is 0 Å². The lowest BCUT2D eigenvalue weighted by molar-refractivity contribution is 0.356. The molecule has 2 heteroatoms. The lowest BCUT2D eigenvalue weighted by Gasteiger charge is -2.23. The van der Waals surface area contributed by atoms with E-state index in [1.165, 1.54) is 48.6 Å². The van der Waals surface area contributed by atoms with E-state index < -0.39 is 0 Å². The number of rotatable bonds is 3. The summed E-state index contributed by atoms with van der Waals surface area (Å²) in [4.78, 5) is 3.29. The van der Waals surface area contributed by atoms with Crippen LogP contribution >= 0.6 is 0 Å². The number of nitrogens with one attached hydrogen (secondary N) is 2. The maximum atomic E-state index is 3.77. The highest BCUT2D eigenvalue weighted by molar-refractivity contribution is 5.79. The third-order valence-electron chi connectivity index (χ3n) is 4.55. The van der Waals surface area contributed by atoms with Crippen molar-refractivity contribution < 1.29 is 0 Å². The van der Waals surface area contributed by atoms with E-state index in [2.05, 4.69) is 41.5 Å². The Hall–Kier alpha value is -1.28. The number of hydrogen-bond acceptors (Lipinski definition) is 1. The van der Waals surface area contributed by atoms with Crippen molar-refractivity contribution in [3.05, 3.63) is 36.0 Å². The lowest BCUT2D eigenvalue weighted by Crippen LogP contribution is -2.33. The van der Waals surface area contributed by atoms with E-state index in [4.69, 9.17) is 0 Å². The van der Waals surface area contributed by atoms with Crippen molar-refractivity contribution >= 4 is 10.9 Å². The number of fused-ring (bicyclic) bond motifs is 1. The first-order valence-corrected chi connectivity index (χ1v) is 7.62. The fourth-order valence-corrected chi connectivity index (χ4v) is 3.25. The largest absolute Gasteiger partial charge is 0.361 e. The Morgan fingerprint density at radius 1 is 1.16 bits per heavy atom. The number of H-pyrrole nitrogens is 1. The van der Waals surface area contributed by atoms with Gasteiger partial charge in [0.2, 0.25) is 0 Å². The van der Waals surface area contributed by atoms with Crippen molar-refractivity contribution in [2.45, 2.75) is 51.6 Å². The molecule has 2 unspecified atom stereocenters. The summed E-state index contributed by atoms with van der Waals surface area (Å²) in [5, 5.41) is 5.07. The molecule has 0 radical (unpaired) electrons. The molecular weight excluding hydrogens is 232 g/mol. The van der Waals surface area contributed by atoms with Crippen LogP contribution in [0.15, 0.2) is 30.5 Å². The molecule has 0 aliphatic heterocycles. The first-order valence-electron chi connectivity index (χ1n) is 7.62. The average Bonchev–Trinajstić information content (AvgIpc) is 2.79. The second-order valence-corrected chi connectivity index (χ2v) is 6.00. The van der Waals surface area contributed by atoms with E-state index in [0.29, 0.717) is 6.04 Å². The molecule has 1 aliphatic rings. The van der Waals surface area contributed by atoms with Crippen molar-refractivity contribution in [2.75, 3.05) is 0 Å². The number of aromatic amines is 1. The minimum atomic E-state index is 0.696. The van der Waals surface area contributed by atoms with Gasteiger partial charge in [0.05, 0.1) is 0 Å². The van der Waals surface area contributed by atoms with E-state index >= 15 is 0 Å². The zero-order valence-electron chi connectivity index (χ0n) is 11.8. The summed E-state index contributed by atoms with van der Waals surface area (Å²) < 4.78 is 0. The molecule has 1 aromatic carbocycles. The Balaban J connectivity index is 1.64. The van der Waals surface area contributed by atoms with Gasteiger partial charge in [-0.1, -0.05) is 38.3 Å². The molecule has 19 heavy (non-hydrogen) atoms. The van der Waals surface area contributed by atoms with Gasteiger partial charge in [-0.3, -0.25) is 0 Å². The van der Waals surface area contributed by atoms with E-state index in [9.17, 15) is 0 Å². The molecule has 1 aromatic heterocycles. The predicted octanol–water partition coefficient (Wildman–Crippen LogP) is 4.23. The van der Waals surface area contributed by atoms with Crippen molar-refractivity contribution in [1.29, 1.82) is 0 Å². The Bertz CT molecular complexity index is 529. The van der Waals surface area contributed by atoms with Crippen LogP contribution in [0.3, 0.4) is 0 Å². The van der Waals surface area contributed by atoms with E-state index in [-0.39, 0.29) is 0 Å². The molecule has 1 heterocycles. The fourth-order valence-electron chi connectivity index (χ4n) is 3.25. The first-order chi connectivity index (χ1) is 9.33. The smallest absolute Gasteiger partial charge is 0.0457 e. The van der Waals surface area contributed by atoms with Crippen molar-refractivity contribution in [3.8, 4) is 0 Å². The van der Waals surface area contributed by atoms with Crippen LogP contribution in [0.5, 0.6) is 0 Å². The van der Waals surface area contributed by atoms with Gasteiger partial charge in [-0.05, 0) is 41.8 Å². The molecule has 0 spiro atoms. The molecule has 0 amide bonds. The van der Waals surface area contributed by atoms with Crippen LogP contribution in [0.1, 0.15) is 44.6 Å². The summed E-state index contributed by atoms with van der Waals surface area (Å²) in [7, 11) is 0. The van der Waals surface area contributed by atoms with Gasteiger partial charge in [0.25, 0.3) is 0 Å². The summed E-state index contributed by atoms with van der Waals surface area (Å²) in [6.45, 7) is 3.39. The highest BCUT2D eigenvalue weighted by Crippen LogP contribution is 2.23. The number of benzene rings is 1. The van der Waals surface area contributed by atoms with E-state index in [0.717, 1.165) is 12.5 Å². The van der Waals surface area contributed by atoms with Gasteiger partial charge in [-0.15, -0.1) is 0 Å². The summed E-state index contributed by atoms with van der Waals surface area (Å²) in [5.41, 5.74) is 2.62. The molecule has 1 fully saturated rings. The molecule has 2 atom stereocenters. The minimum absolute atomic E-state index is 0.696. The Morgan fingerprint density at radius 2 is 2.05 bits per heavy atom. The van der Waals surface area contributed by atoms with Crippen molar-refractivity contribution in [2.24, 2.45) is 5.92 Å². The molecule has 0 saturated heterocycles. The van der Waals surface area contributed by atoms with Crippen molar-refractivity contribution in [1.82, 2.24) is 10.3 Å². The second kappa shape index (κ2) is 5.79. The van der Waals surface area contributed by atoms with Crippen LogP contribution in [0.4, 0.5) is 0 Å². The van der Waals surface area contributed by atoms with Crippen LogP contribution in [0.25, 0.3) is 10.9 Å². The normalized spacial score (nSPS) is 24.5. The van der Waals surface area contributed by atoms with Gasteiger partial charge >= 0.3 is 0 Å². The fraction of sp³-hybridized carbons (Fsp3) is 0.529. The highest BCUT2D eigenvalue weighted by atomic mass is 14.9. The van der Waals surface area contributed by atoms with E-state index in [1.807, 2.05) is 6.20 Å². The van der Waals surface area contributed by atoms with E-state index in [1.54, 1.807) is 0 Å². The van der Waals surface area contributed by atoms with Crippen LogP contribution in [-0.2, 0) is 6.54 Å². The third-order valence-corrected chi connectivity index (χ3v) is 4.55. The second-order valence-electron chi connectivity index (χ2n) is 6.00. The summed E-state index contributed by atoms with van der Waals surface area (Å²) in [6, 6.07) is 9.54. The quantitative estimate of drug-likeness (QED) is 0.790. The maximum absolute atomic E-state index is 3.77. The van der Waals surface area contributed by atoms with Crippen LogP contribution < -0.4 is 5.32 Å². The zero-order chi connectivity index (χ0) is 13.1. The lowest BCUT2D eigenvalue weighted by atomic mass is 9.97. The maximum Gasteiger partial charge on any atom is 0.0457 e. The monoisotopic (exact) mass is 256 g/mol. The van der Waals surface area contributed by atoms with Crippen molar-refractivity contribution in [3.63, 3.8) is 0 Å². The molecule has 102 valence electrons. The summed E-state index contributed by atoms with van der Waals surface area (Å²) >= 11 is 0. The molecule has 1 aliphatic carbocycles. The number of hydrogen-bond donors (Lipinski definition) is 2. The highest BCUT2D eigenvalue weighted by Gasteiger charge is 2.18. The first kappa shape index (κ1) is 12.7. The molecular formula is C17H24N2.